The third-order valence-corrected chi connectivity index (χ3v) is 4.32. The average molecular weight is 359 g/mol. The number of nitrogens with zero attached hydrogens (tertiary/aromatic N) is 1. The van der Waals surface area contributed by atoms with Gasteiger partial charge in [0, 0.05) is 5.56 Å². The summed E-state index contributed by atoms with van der Waals surface area (Å²) in [6, 6.07) is 24.1. The molecule has 0 aromatic heterocycles. The number of benzene rings is 3. The van der Waals surface area contributed by atoms with Crippen LogP contribution >= 0.6 is 0 Å². The highest BCUT2D eigenvalue weighted by Crippen LogP contribution is 2.32. The zero-order valence-corrected chi connectivity index (χ0v) is 15.4. The molecule has 3 rings (SSSR count). The summed E-state index contributed by atoms with van der Waals surface area (Å²) in [5, 5.41) is 0. The molecule has 0 saturated carbocycles. The van der Waals surface area contributed by atoms with E-state index in [4.69, 9.17) is 4.74 Å². The van der Waals surface area contributed by atoms with Gasteiger partial charge in [0.25, 0.3) is 5.91 Å². The summed E-state index contributed by atoms with van der Waals surface area (Å²) in [6.07, 6.45) is 0. The van der Waals surface area contributed by atoms with E-state index in [0.29, 0.717) is 29.1 Å². The first-order chi connectivity index (χ1) is 13.1. The number of carbonyl (C=O) groups excluding carboxylic acids is 2. The van der Waals surface area contributed by atoms with Gasteiger partial charge in [0.2, 0.25) is 0 Å². The van der Waals surface area contributed by atoms with Gasteiger partial charge in [0.1, 0.15) is 5.75 Å². The van der Waals surface area contributed by atoms with E-state index in [1.807, 2.05) is 48.5 Å². The average Bonchev–Trinajstić information content (AvgIpc) is 2.72. The summed E-state index contributed by atoms with van der Waals surface area (Å²) in [6.45, 7) is 1.83. The number of ether oxygens (including phenoxy) is 1. The van der Waals surface area contributed by atoms with Gasteiger partial charge in [-0.3, -0.25) is 9.59 Å². The fourth-order valence-electron chi connectivity index (χ4n) is 3.04. The molecule has 0 atom stereocenters. The van der Waals surface area contributed by atoms with Crippen molar-refractivity contribution < 1.29 is 14.3 Å². The van der Waals surface area contributed by atoms with E-state index in [1.54, 1.807) is 35.2 Å². The lowest BCUT2D eigenvalue weighted by Gasteiger charge is -2.26. The van der Waals surface area contributed by atoms with Gasteiger partial charge in [-0.05, 0) is 36.8 Å². The highest BCUT2D eigenvalue weighted by atomic mass is 16.5. The molecule has 0 aliphatic rings. The molecular formula is C23H21NO3. The minimum atomic E-state index is -0.171. The Morgan fingerprint density at radius 1 is 0.852 bits per heavy atom. The minimum absolute atomic E-state index is 0.152. The maximum atomic E-state index is 13.3. The monoisotopic (exact) mass is 359 g/mol. The quantitative estimate of drug-likeness (QED) is 0.597. The number of hydrogen-bond acceptors (Lipinski definition) is 3. The summed E-state index contributed by atoms with van der Waals surface area (Å²) in [7, 11) is 1.52. The van der Waals surface area contributed by atoms with E-state index in [2.05, 4.69) is 0 Å². The Hall–Kier alpha value is -3.40. The summed E-state index contributed by atoms with van der Waals surface area (Å²) >= 11 is 0. The first kappa shape index (κ1) is 18.4. The van der Waals surface area contributed by atoms with Gasteiger partial charge in [-0.15, -0.1) is 0 Å². The molecule has 27 heavy (non-hydrogen) atoms. The van der Waals surface area contributed by atoms with Crippen molar-refractivity contribution in [2.24, 2.45) is 0 Å². The third kappa shape index (κ3) is 4.06. The predicted molar refractivity (Wildman–Crippen MR) is 106 cm³/mol. The fraction of sp³-hybridized carbons (Fsp3) is 0.130. The van der Waals surface area contributed by atoms with Crippen LogP contribution in [0.3, 0.4) is 0 Å². The smallest absolute Gasteiger partial charge is 0.258 e. The lowest BCUT2D eigenvalue weighted by molar-refractivity contribution is 0.0985. The normalized spacial score (nSPS) is 10.3. The van der Waals surface area contributed by atoms with Crippen molar-refractivity contribution in [3.63, 3.8) is 0 Å². The highest BCUT2D eigenvalue weighted by Gasteiger charge is 2.24. The van der Waals surface area contributed by atoms with Crippen LogP contribution in [0.4, 0.5) is 5.69 Å². The Morgan fingerprint density at radius 2 is 1.48 bits per heavy atom. The van der Waals surface area contributed by atoms with Gasteiger partial charge in [0.05, 0.1) is 24.9 Å². The van der Waals surface area contributed by atoms with Gasteiger partial charge in [-0.25, -0.2) is 0 Å². The second-order valence-electron chi connectivity index (χ2n) is 6.15. The molecule has 3 aromatic carbocycles. The zero-order valence-electron chi connectivity index (χ0n) is 15.4. The molecule has 0 radical (unpaired) electrons. The van der Waals surface area contributed by atoms with Gasteiger partial charge in [0.15, 0.2) is 5.78 Å². The number of amides is 1. The molecule has 3 aromatic rings. The van der Waals surface area contributed by atoms with Crippen LogP contribution in [0.5, 0.6) is 5.75 Å². The largest absolute Gasteiger partial charge is 0.496 e. The zero-order chi connectivity index (χ0) is 19.2. The second-order valence-corrected chi connectivity index (χ2v) is 6.15. The Bertz CT molecular complexity index is 936. The summed E-state index contributed by atoms with van der Waals surface area (Å²) in [5.74, 6) is 0.135. The topological polar surface area (TPSA) is 46.6 Å². The SMILES string of the molecule is COc1cccc(N(Cc2ccccc2)C(=O)c2ccccc2)c1C(C)=O. The van der Waals surface area contributed by atoms with Crippen molar-refractivity contribution in [3.8, 4) is 5.75 Å². The van der Waals surface area contributed by atoms with Crippen molar-refractivity contribution in [3.05, 3.63) is 95.6 Å². The molecule has 0 bridgehead atoms. The van der Waals surface area contributed by atoms with Gasteiger partial charge < -0.3 is 9.64 Å². The van der Waals surface area contributed by atoms with Crippen molar-refractivity contribution >= 4 is 17.4 Å². The Balaban J connectivity index is 2.13. The number of Topliss-reactive ketones (excluding diaryl/α,β-unsaturated/α-hetero) is 1. The molecule has 0 N–H and O–H groups in total. The predicted octanol–water partition coefficient (Wildman–Crippen LogP) is 4.74. The number of rotatable bonds is 6. The number of ketones is 1. The molecule has 0 heterocycles. The van der Waals surface area contributed by atoms with E-state index < -0.39 is 0 Å². The molecule has 1 amide bonds. The number of carbonyl (C=O) groups is 2. The van der Waals surface area contributed by atoms with Crippen molar-refractivity contribution in [2.45, 2.75) is 13.5 Å². The number of hydrogen-bond donors (Lipinski definition) is 0. The van der Waals surface area contributed by atoms with E-state index in [0.717, 1.165) is 5.56 Å². The lowest BCUT2D eigenvalue weighted by atomic mass is 10.0. The Labute approximate surface area is 159 Å². The molecule has 0 unspecified atom stereocenters. The van der Waals surface area contributed by atoms with Crippen molar-refractivity contribution in [1.29, 1.82) is 0 Å². The Morgan fingerprint density at radius 3 is 2.07 bits per heavy atom. The van der Waals surface area contributed by atoms with Crippen LogP contribution in [0.1, 0.15) is 33.2 Å². The first-order valence-corrected chi connectivity index (χ1v) is 8.70. The van der Waals surface area contributed by atoms with Crippen LogP contribution in [0.25, 0.3) is 0 Å². The molecule has 4 heteroatoms. The van der Waals surface area contributed by atoms with Crippen LogP contribution in [0.2, 0.25) is 0 Å². The molecule has 136 valence electrons. The molecule has 0 saturated heterocycles. The minimum Gasteiger partial charge on any atom is -0.496 e. The van der Waals surface area contributed by atoms with Crippen LogP contribution in [-0.4, -0.2) is 18.8 Å². The van der Waals surface area contributed by atoms with E-state index >= 15 is 0 Å². The van der Waals surface area contributed by atoms with Crippen LogP contribution in [-0.2, 0) is 6.54 Å². The summed E-state index contributed by atoms with van der Waals surface area (Å²) in [4.78, 5) is 27.3. The second kappa shape index (κ2) is 8.32. The molecule has 0 spiro atoms. The van der Waals surface area contributed by atoms with E-state index in [1.165, 1.54) is 14.0 Å². The van der Waals surface area contributed by atoms with E-state index in [-0.39, 0.29) is 11.7 Å². The van der Waals surface area contributed by atoms with Crippen LogP contribution in [0, 0.1) is 0 Å². The maximum absolute atomic E-state index is 13.3. The summed E-state index contributed by atoms with van der Waals surface area (Å²) in [5.41, 5.74) is 2.48. The number of anilines is 1. The molecular weight excluding hydrogens is 338 g/mol. The highest BCUT2D eigenvalue weighted by molar-refractivity contribution is 6.11. The Kier molecular flexibility index (Phi) is 5.67. The molecule has 0 aliphatic carbocycles. The van der Waals surface area contributed by atoms with Crippen LogP contribution in [0.15, 0.2) is 78.9 Å². The first-order valence-electron chi connectivity index (χ1n) is 8.70. The fourth-order valence-corrected chi connectivity index (χ4v) is 3.04. The molecule has 0 aliphatic heterocycles. The van der Waals surface area contributed by atoms with Crippen LogP contribution < -0.4 is 9.64 Å². The molecule has 0 fully saturated rings. The standard InChI is InChI=1S/C23H21NO3/c1-17(25)22-20(14-9-15-21(22)27-2)24(16-18-10-5-3-6-11-18)23(26)19-12-7-4-8-13-19/h3-15H,16H2,1-2H3. The van der Waals surface area contributed by atoms with E-state index in [9.17, 15) is 9.59 Å². The number of methoxy groups -OCH3 is 1. The van der Waals surface area contributed by atoms with Gasteiger partial charge in [-0.2, -0.15) is 0 Å². The summed E-state index contributed by atoms with van der Waals surface area (Å²) < 4.78 is 5.37. The van der Waals surface area contributed by atoms with Crippen molar-refractivity contribution in [1.82, 2.24) is 0 Å². The molecule has 4 nitrogen and oxygen atoms in total. The maximum Gasteiger partial charge on any atom is 0.258 e. The van der Waals surface area contributed by atoms with Crippen molar-refractivity contribution in [2.75, 3.05) is 12.0 Å². The lowest BCUT2D eigenvalue weighted by Crippen LogP contribution is -2.31. The third-order valence-electron chi connectivity index (χ3n) is 4.32. The van der Waals surface area contributed by atoms with Gasteiger partial charge >= 0.3 is 0 Å². The van der Waals surface area contributed by atoms with Gasteiger partial charge in [-0.1, -0.05) is 54.6 Å².